The van der Waals surface area contributed by atoms with Crippen LogP contribution in [-0.2, 0) is 19.2 Å². The Labute approximate surface area is 222 Å². The van der Waals surface area contributed by atoms with Crippen molar-refractivity contribution >= 4 is 16.7 Å². The van der Waals surface area contributed by atoms with E-state index in [0.29, 0.717) is 28.9 Å². The van der Waals surface area contributed by atoms with Crippen molar-refractivity contribution < 1.29 is 22.7 Å². The Morgan fingerprint density at radius 3 is 2.31 bits per heavy atom. The molecule has 0 unspecified atom stereocenters. The third-order valence-corrected chi connectivity index (χ3v) is 6.32. The summed E-state index contributed by atoms with van der Waals surface area (Å²) in [6, 6.07) is 28.9. The number of halogens is 3. The number of carbonyl (C=O) groups excluding carboxylic acids is 1. The predicted molar refractivity (Wildman–Crippen MR) is 142 cm³/mol. The van der Waals surface area contributed by atoms with Gasteiger partial charge in [-0.1, -0.05) is 78.9 Å². The Kier molecular flexibility index (Phi) is 7.11. The number of para-hydroxylation sites is 1. The highest BCUT2D eigenvalue weighted by Crippen LogP contribution is 2.39. The number of ketones is 1. The van der Waals surface area contributed by atoms with Crippen LogP contribution in [0.15, 0.2) is 103 Å². The normalized spacial score (nSPS) is 11.2. The van der Waals surface area contributed by atoms with E-state index in [9.17, 15) is 18.0 Å². The molecule has 0 saturated carbocycles. The molecule has 0 aliphatic carbocycles. The first-order chi connectivity index (χ1) is 18.8. The zero-order valence-electron chi connectivity index (χ0n) is 20.6. The van der Waals surface area contributed by atoms with Crippen molar-refractivity contribution in [2.75, 3.05) is 0 Å². The van der Waals surface area contributed by atoms with Crippen LogP contribution >= 0.6 is 0 Å². The molecular weight excluding hydrogens is 501 g/mol. The summed E-state index contributed by atoms with van der Waals surface area (Å²) in [6.45, 7) is 0.251. The molecule has 4 aromatic carbocycles. The predicted octanol–water partition coefficient (Wildman–Crippen LogP) is 7.80. The van der Waals surface area contributed by atoms with E-state index in [-0.39, 0.29) is 28.9 Å². The second-order valence-electron chi connectivity index (χ2n) is 8.91. The lowest BCUT2D eigenvalue weighted by Gasteiger charge is -2.16. The maximum Gasteiger partial charge on any atom is 0.418 e. The lowest BCUT2D eigenvalue weighted by molar-refractivity contribution is -0.136. The number of carbonyl (C=O) groups is 1. The van der Waals surface area contributed by atoms with Gasteiger partial charge in [-0.2, -0.15) is 18.4 Å². The molecule has 4 nitrogen and oxygen atoms in total. The van der Waals surface area contributed by atoms with Crippen molar-refractivity contribution in [1.82, 2.24) is 4.98 Å². The highest BCUT2D eigenvalue weighted by Gasteiger charge is 2.34. The standard InChI is InChI=1S/C32H21F3N2O2/c33-32(34,35)28-11-5-10-26-29(27(19-37-30(26)28)31(38)23-6-2-1-3-7-23)24-8-4-9-25(18-24)39-20-22-14-12-21(13-15-22)16-17-36/h1-15,18-19H,16,20H2. The molecule has 0 aliphatic heterocycles. The van der Waals surface area contributed by atoms with Crippen molar-refractivity contribution in [3.05, 3.63) is 131 Å². The summed E-state index contributed by atoms with van der Waals surface area (Å²) in [4.78, 5) is 17.6. The molecule has 0 amide bonds. The van der Waals surface area contributed by atoms with Gasteiger partial charge in [0, 0.05) is 28.3 Å². The van der Waals surface area contributed by atoms with E-state index in [4.69, 9.17) is 10.00 Å². The molecule has 0 spiro atoms. The van der Waals surface area contributed by atoms with Gasteiger partial charge in [0.25, 0.3) is 0 Å². The number of hydrogen-bond donors (Lipinski definition) is 0. The molecule has 0 N–H and O–H groups in total. The van der Waals surface area contributed by atoms with Crippen molar-refractivity contribution in [3.8, 4) is 22.9 Å². The van der Waals surface area contributed by atoms with Crippen molar-refractivity contribution in [3.63, 3.8) is 0 Å². The fraction of sp³-hybridized carbons (Fsp3) is 0.0938. The monoisotopic (exact) mass is 522 g/mol. The summed E-state index contributed by atoms with van der Waals surface area (Å²) in [5.74, 6) is 0.143. The number of pyridine rings is 1. The maximum atomic E-state index is 13.8. The molecule has 1 aromatic heterocycles. The number of rotatable bonds is 7. The first kappa shape index (κ1) is 25.7. The van der Waals surface area contributed by atoms with Crippen molar-refractivity contribution in [2.24, 2.45) is 0 Å². The number of nitrogens with zero attached hydrogens (tertiary/aromatic N) is 2. The Morgan fingerprint density at radius 2 is 1.59 bits per heavy atom. The molecule has 5 rings (SSSR count). The first-order valence-electron chi connectivity index (χ1n) is 12.1. The van der Waals surface area contributed by atoms with Gasteiger partial charge in [0.2, 0.25) is 0 Å². The minimum atomic E-state index is -4.61. The molecule has 7 heteroatoms. The summed E-state index contributed by atoms with van der Waals surface area (Å²) in [5, 5.41) is 9.06. The minimum absolute atomic E-state index is 0.193. The van der Waals surface area contributed by atoms with E-state index < -0.39 is 11.7 Å². The molecule has 192 valence electrons. The Morgan fingerprint density at radius 1 is 0.872 bits per heavy atom. The van der Waals surface area contributed by atoms with Gasteiger partial charge < -0.3 is 4.74 Å². The van der Waals surface area contributed by atoms with Gasteiger partial charge in [-0.15, -0.1) is 0 Å². The highest BCUT2D eigenvalue weighted by atomic mass is 19.4. The zero-order valence-corrected chi connectivity index (χ0v) is 20.6. The smallest absolute Gasteiger partial charge is 0.418 e. The summed E-state index contributed by atoms with van der Waals surface area (Å²) in [6.07, 6.45) is -3.07. The average Bonchev–Trinajstić information content (AvgIpc) is 2.96. The van der Waals surface area contributed by atoms with E-state index in [1.807, 2.05) is 24.3 Å². The Balaban J connectivity index is 1.59. The van der Waals surface area contributed by atoms with Gasteiger partial charge in [-0.25, -0.2) is 0 Å². The van der Waals surface area contributed by atoms with Gasteiger partial charge in [0.05, 0.1) is 23.6 Å². The lowest BCUT2D eigenvalue weighted by Crippen LogP contribution is -2.09. The van der Waals surface area contributed by atoms with Crippen LogP contribution in [0.3, 0.4) is 0 Å². The molecule has 0 fully saturated rings. The molecule has 39 heavy (non-hydrogen) atoms. The molecule has 0 aliphatic rings. The molecule has 5 aromatic rings. The second-order valence-corrected chi connectivity index (χ2v) is 8.91. The van der Waals surface area contributed by atoms with Crippen LogP contribution in [-0.4, -0.2) is 10.8 Å². The number of ether oxygens (including phenoxy) is 1. The second kappa shape index (κ2) is 10.8. The third kappa shape index (κ3) is 5.51. The van der Waals surface area contributed by atoms with Crippen LogP contribution in [0.25, 0.3) is 22.0 Å². The Hall–Kier alpha value is -4.96. The fourth-order valence-corrected chi connectivity index (χ4v) is 4.43. The number of nitriles is 1. The van der Waals surface area contributed by atoms with Gasteiger partial charge in [0.15, 0.2) is 5.78 Å². The average molecular weight is 523 g/mol. The zero-order chi connectivity index (χ0) is 27.4. The topological polar surface area (TPSA) is 63.0 Å². The number of hydrogen-bond acceptors (Lipinski definition) is 4. The molecular formula is C32H21F3N2O2. The van der Waals surface area contributed by atoms with Crippen LogP contribution in [0, 0.1) is 11.3 Å². The Bertz CT molecular complexity index is 1690. The van der Waals surface area contributed by atoms with Crippen LogP contribution in [0.1, 0.15) is 32.6 Å². The van der Waals surface area contributed by atoms with Crippen LogP contribution in [0.2, 0.25) is 0 Å². The number of aromatic nitrogens is 1. The summed E-state index contributed by atoms with van der Waals surface area (Å²) < 4.78 is 47.5. The minimum Gasteiger partial charge on any atom is -0.489 e. The quantitative estimate of drug-likeness (QED) is 0.205. The SMILES string of the molecule is N#CCc1ccc(COc2cccc(-c3c(C(=O)c4ccccc4)cnc4c(C(F)(F)F)cccc34)c2)cc1. The third-order valence-electron chi connectivity index (χ3n) is 6.32. The van der Waals surface area contributed by atoms with Crippen LogP contribution < -0.4 is 4.74 Å². The number of alkyl halides is 3. The maximum absolute atomic E-state index is 13.8. The van der Waals surface area contributed by atoms with Gasteiger partial charge in [-0.05, 0) is 34.9 Å². The van der Waals surface area contributed by atoms with Crippen molar-refractivity contribution in [1.29, 1.82) is 5.26 Å². The number of benzene rings is 4. The van der Waals surface area contributed by atoms with E-state index in [0.717, 1.165) is 17.2 Å². The summed E-state index contributed by atoms with van der Waals surface area (Å²) >= 11 is 0. The van der Waals surface area contributed by atoms with E-state index in [2.05, 4.69) is 11.1 Å². The molecule has 0 saturated heterocycles. The van der Waals surface area contributed by atoms with E-state index in [1.165, 1.54) is 12.3 Å². The molecule has 1 heterocycles. The van der Waals surface area contributed by atoms with Gasteiger partial charge in [0.1, 0.15) is 12.4 Å². The molecule has 0 atom stereocenters. The van der Waals surface area contributed by atoms with E-state index >= 15 is 0 Å². The fourth-order valence-electron chi connectivity index (χ4n) is 4.43. The molecule has 0 radical (unpaired) electrons. The van der Waals surface area contributed by atoms with Gasteiger partial charge in [-0.3, -0.25) is 9.78 Å². The largest absolute Gasteiger partial charge is 0.489 e. The van der Waals surface area contributed by atoms with Crippen LogP contribution in [0.4, 0.5) is 13.2 Å². The lowest BCUT2D eigenvalue weighted by atomic mass is 9.91. The van der Waals surface area contributed by atoms with Gasteiger partial charge >= 0.3 is 6.18 Å². The van der Waals surface area contributed by atoms with Crippen LogP contribution in [0.5, 0.6) is 5.75 Å². The van der Waals surface area contributed by atoms with E-state index in [1.54, 1.807) is 60.7 Å². The highest BCUT2D eigenvalue weighted by molar-refractivity contribution is 6.16. The summed E-state index contributed by atoms with van der Waals surface area (Å²) in [5.41, 5.74) is 2.18. The first-order valence-corrected chi connectivity index (χ1v) is 12.1. The number of fused-ring (bicyclic) bond motifs is 1. The molecule has 0 bridgehead atoms. The summed E-state index contributed by atoms with van der Waals surface area (Å²) in [7, 11) is 0. The van der Waals surface area contributed by atoms with Crippen molar-refractivity contribution in [2.45, 2.75) is 19.2 Å².